The van der Waals surface area contributed by atoms with Crippen LogP contribution in [0, 0.1) is 0 Å². The minimum Gasteiger partial charge on any atom is -0.305 e. The van der Waals surface area contributed by atoms with E-state index in [1.54, 1.807) is 11.3 Å². The highest BCUT2D eigenvalue weighted by atomic mass is 32.1. The zero-order valence-electron chi connectivity index (χ0n) is 11.2. The number of nitrogens with one attached hydrogen (secondary N) is 1. The quantitative estimate of drug-likeness (QED) is 0.737. The average Bonchev–Trinajstić information content (AvgIpc) is 3.16. The molecule has 3 heterocycles. The van der Waals surface area contributed by atoms with Crippen molar-refractivity contribution < 1.29 is 0 Å². The van der Waals surface area contributed by atoms with Gasteiger partial charge in [-0.25, -0.2) is 0 Å². The van der Waals surface area contributed by atoms with Crippen LogP contribution in [-0.4, -0.2) is 4.98 Å². The molecule has 102 valence electrons. The number of thiophene rings is 2. The molecule has 0 spiro atoms. The topological polar surface area (TPSA) is 24.9 Å². The molecule has 0 bridgehead atoms. The van der Waals surface area contributed by atoms with Gasteiger partial charge in [-0.1, -0.05) is 12.1 Å². The van der Waals surface area contributed by atoms with Crippen molar-refractivity contribution in [2.45, 2.75) is 19.5 Å². The Balaban J connectivity index is 1.62. The Bertz CT molecular complexity index is 644. The van der Waals surface area contributed by atoms with E-state index >= 15 is 0 Å². The Hall–Kier alpha value is -1.49. The van der Waals surface area contributed by atoms with E-state index in [-0.39, 0.29) is 0 Å². The number of aromatic nitrogens is 1. The summed E-state index contributed by atoms with van der Waals surface area (Å²) >= 11 is 3.60. The molecule has 0 aliphatic carbocycles. The standard InChI is InChI=1S/C16H16N2S2/c1-12(13-4-2-6-17-9-13)18-10-15-8-14(11-20-15)16-5-3-7-19-16/h2-9,11-12,18H,10H2,1H3/t12-/m0/s1. The fourth-order valence-electron chi connectivity index (χ4n) is 2.05. The van der Waals surface area contributed by atoms with Crippen LogP contribution in [0.4, 0.5) is 0 Å². The number of nitrogens with zero attached hydrogens (tertiary/aromatic N) is 1. The van der Waals surface area contributed by atoms with Crippen molar-refractivity contribution in [3.8, 4) is 10.4 Å². The van der Waals surface area contributed by atoms with E-state index in [4.69, 9.17) is 0 Å². The number of pyridine rings is 1. The maximum Gasteiger partial charge on any atom is 0.0351 e. The maximum atomic E-state index is 4.16. The molecule has 0 unspecified atom stereocenters. The second-order valence-corrected chi connectivity index (χ2v) is 6.61. The van der Waals surface area contributed by atoms with Gasteiger partial charge in [-0.3, -0.25) is 4.98 Å². The molecule has 1 N–H and O–H groups in total. The van der Waals surface area contributed by atoms with Gasteiger partial charge in [-0.05, 0) is 41.4 Å². The van der Waals surface area contributed by atoms with Crippen molar-refractivity contribution in [1.29, 1.82) is 0 Å². The van der Waals surface area contributed by atoms with E-state index in [2.05, 4.69) is 52.3 Å². The van der Waals surface area contributed by atoms with Crippen molar-refractivity contribution in [3.05, 3.63) is 63.9 Å². The first-order valence-electron chi connectivity index (χ1n) is 6.57. The van der Waals surface area contributed by atoms with Crippen molar-refractivity contribution in [1.82, 2.24) is 10.3 Å². The second-order valence-electron chi connectivity index (χ2n) is 4.67. The van der Waals surface area contributed by atoms with E-state index < -0.39 is 0 Å². The number of hydrogen-bond donors (Lipinski definition) is 1. The third-order valence-electron chi connectivity index (χ3n) is 3.23. The highest BCUT2D eigenvalue weighted by Gasteiger charge is 2.07. The van der Waals surface area contributed by atoms with Crippen LogP contribution in [-0.2, 0) is 6.54 Å². The van der Waals surface area contributed by atoms with E-state index in [1.807, 2.05) is 29.8 Å². The molecule has 0 aromatic carbocycles. The zero-order chi connectivity index (χ0) is 13.8. The van der Waals surface area contributed by atoms with Gasteiger partial charge in [0.25, 0.3) is 0 Å². The molecule has 3 rings (SSSR count). The largest absolute Gasteiger partial charge is 0.305 e. The Kier molecular flexibility index (Phi) is 4.25. The van der Waals surface area contributed by atoms with Crippen molar-refractivity contribution in [2.75, 3.05) is 0 Å². The second kappa shape index (κ2) is 6.31. The summed E-state index contributed by atoms with van der Waals surface area (Å²) in [6, 6.07) is 10.9. The minimum atomic E-state index is 0.316. The van der Waals surface area contributed by atoms with E-state index in [1.165, 1.54) is 20.9 Å². The van der Waals surface area contributed by atoms with Gasteiger partial charge in [0.15, 0.2) is 0 Å². The SMILES string of the molecule is C[C@H](NCc1cc(-c2cccs2)cs1)c1cccnc1. The highest BCUT2D eigenvalue weighted by molar-refractivity contribution is 7.14. The third kappa shape index (κ3) is 3.15. The number of hydrogen-bond acceptors (Lipinski definition) is 4. The molecule has 4 heteroatoms. The number of rotatable bonds is 5. The predicted molar refractivity (Wildman–Crippen MR) is 87.1 cm³/mol. The lowest BCUT2D eigenvalue weighted by Gasteiger charge is -2.12. The molecule has 2 nitrogen and oxygen atoms in total. The summed E-state index contributed by atoms with van der Waals surface area (Å²) < 4.78 is 0. The fourth-order valence-corrected chi connectivity index (χ4v) is 3.67. The summed E-state index contributed by atoms with van der Waals surface area (Å²) in [6.07, 6.45) is 3.73. The van der Waals surface area contributed by atoms with Gasteiger partial charge in [-0.2, -0.15) is 0 Å². The van der Waals surface area contributed by atoms with Crippen LogP contribution < -0.4 is 5.32 Å². The van der Waals surface area contributed by atoms with Gasteiger partial charge in [0.1, 0.15) is 0 Å². The van der Waals surface area contributed by atoms with Crippen LogP contribution in [0.2, 0.25) is 0 Å². The minimum absolute atomic E-state index is 0.316. The highest BCUT2D eigenvalue weighted by Crippen LogP contribution is 2.29. The van der Waals surface area contributed by atoms with Crippen LogP contribution in [0.5, 0.6) is 0 Å². The van der Waals surface area contributed by atoms with Crippen molar-refractivity contribution >= 4 is 22.7 Å². The fraction of sp³-hybridized carbons (Fsp3) is 0.188. The lowest BCUT2D eigenvalue weighted by atomic mass is 10.1. The first-order chi connectivity index (χ1) is 9.83. The third-order valence-corrected chi connectivity index (χ3v) is 5.08. The molecule has 0 radical (unpaired) electrons. The first-order valence-corrected chi connectivity index (χ1v) is 8.33. The van der Waals surface area contributed by atoms with E-state index in [9.17, 15) is 0 Å². The molecule has 0 aliphatic rings. The van der Waals surface area contributed by atoms with Gasteiger partial charge in [0, 0.05) is 40.3 Å². The van der Waals surface area contributed by atoms with Gasteiger partial charge < -0.3 is 5.32 Å². The van der Waals surface area contributed by atoms with Crippen LogP contribution in [0.25, 0.3) is 10.4 Å². The molecular formula is C16H16N2S2. The summed E-state index contributed by atoms with van der Waals surface area (Å²) in [4.78, 5) is 6.87. The smallest absolute Gasteiger partial charge is 0.0351 e. The van der Waals surface area contributed by atoms with Crippen LogP contribution in [0.3, 0.4) is 0 Å². The Morgan fingerprint density at radius 3 is 2.95 bits per heavy atom. The molecule has 3 aromatic heterocycles. The van der Waals surface area contributed by atoms with Crippen molar-refractivity contribution in [2.24, 2.45) is 0 Å². The maximum absolute atomic E-state index is 4.16. The Morgan fingerprint density at radius 2 is 2.20 bits per heavy atom. The Labute approximate surface area is 127 Å². The predicted octanol–water partition coefficient (Wildman–Crippen LogP) is 4.72. The van der Waals surface area contributed by atoms with E-state index in [0.717, 1.165) is 6.54 Å². The molecule has 0 amide bonds. The molecule has 0 saturated heterocycles. The molecule has 0 fully saturated rings. The molecule has 3 aromatic rings. The summed E-state index contributed by atoms with van der Waals surface area (Å²) in [5.74, 6) is 0. The molecule has 1 atom stereocenters. The van der Waals surface area contributed by atoms with Gasteiger partial charge in [0.05, 0.1) is 0 Å². The van der Waals surface area contributed by atoms with Gasteiger partial charge in [-0.15, -0.1) is 22.7 Å². The van der Waals surface area contributed by atoms with Crippen LogP contribution >= 0.6 is 22.7 Å². The molecule has 0 saturated carbocycles. The zero-order valence-corrected chi connectivity index (χ0v) is 12.9. The molecule has 20 heavy (non-hydrogen) atoms. The summed E-state index contributed by atoms with van der Waals surface area (Å²) in [6.45, 7) is 3.07. The summed E-state index contributed by atoms with van der Waals surface area (Å²) in [5, 5.41) is 7.90. The van der Waals surface area contributed by atoms with E-state index in [0.29, 0.717) is 6.04 Å². The van der Waals surface area contributed by atoms with Crippen molar-refractivity contribution in [3.63, 3.8) is 0 Å². The van der Waals surface area contributed by atoms with Gasteiger partial charge >= 0.3 is 0 Å². The normalized spacial score (nSPS) is 12.4. The molecular weight excluding hydrogens is 284 g/mol. The Morgan fingerprint density at radius 1 is 1.25 bits per heavy atom. The monoisotopic (exact) mass is 300 g/mol. The van der Waals surface area contributed by atoms with Crippen LogP contribution in [0.15, 0.2) is 53.5 Å². The lowest BCUT2D eigenvalue weighted by Crippen LogP contribution is -2.17. The molecule has 0 aliphatic heterocycles. The average molecular weight is 300 g/mol. The first kappa shape index (κ1) is 13.5. The van der Waals surface area contributed by atoms with Gasteiger partial charge in [0.2, 0.25) is 0 Å². The lowest BCUT2D eigenvalue weighted by molar-refractivity contribution is 0.577. The van der Waals surface area contributed by atoms with Crippen LogP contribution in [0.1, 0.15) is 23.4 Å². The summed E-state index contributed by atoms with van der Waals surface area (Å²) in [7, 11) is 0. The summed E-state index contributed by atoms with van der Waals surface area (Å²) in [5.41, 5.74) is 2.55.